The van der Waals surface area contributed by atoms with E-state index in [2.05, 4.69) is 10.9 Å². The van der Waals surface area contributed by atoms with Crippen molar-refractivity contribution in [2.45, 2.75) is 63.8 Å². The highest BCUT2D eigenvalue weighted by Gasteiger charge is 2.30. The Bertz CT molecular complexity index is 249. The summed E-state index contributed by atoms with van der Waals surface area (Å²) in [6, 6.07) is 0.582. The zero-order valence-electron chi connectivity index (χ0n) is 9.80. The molecule has 1 fully saturated rings. The molecule has 0 aliphatic heterocycles. The summed E-state index contributed by atoms with van der Waals surface area (Å²) in [6.07, 6.45) is 13.8. The summed E-state index contributed by atoms with van der Waals surface area (Å²) >= 11 is 12.3. The number of hydrogen-bond donors (Lipinski definition) is 0. The van der Waals surface area contributed by atoms with Crippen LogP contribution in [0.5, 0.6) is 0 Å². The van der Waals surface area contributed by atoms with Crippen LogP contribution in [0.15, 0.2) is 11.8 Å². The van der Waals surface area contributed by atoms with Gasteiger partial charge in [-0.15, -0.1) is 22.9 Å². The zero-order chi connectivity index (χ0) is 11.4. The molecule has 0 aromatic carbocycles. The van der Waals surface area contributed by atoms with Gasteiger partial charge >= 0.3 is 5.68 Å². The van der Waals surface area contributed by atoms with Crippen molar-refractivity contribution in [1.82, 2.24) is 4.81 Å². The quantitative estimate of drug-likeness (QED) is 0.673. The van der Waals surface area contributed by atoms with Crippen LogP contribution in [0.1, 0.15) is 57.8 Å². The highest BCUT2D eigenvalue weighted by atomic mass is 35.5. The Kier molecular flexibility index (Phi) is 4.90. The molecule has 1 nitrogen and oxygen atoms in total. The Morgan fingerprint density at radius 3 is 2.38 bits per heavy atom. The Hall–Kier alpha value is 0.185. The fourth-order valence-corrected chi connectivity index (χ4v) is 3.50. The van der Waals surface area contributed by atoms with Crippen LogP contribution in [0.25, 0.3) is 0 Å². The fraction of sp³-hybridized carbons (Fsp3) is 0.833. The molecule has 0 heterocycles. The lowest BCUT2D eigenvalue weighted by Crippen LogP contribution is -2.41. The van der Waals surface area contributed by atoms with E-state index in [1.807, 2.05) is 0 Å². The van der Waals surface area contributed by atoms with Gasteiger partial charge < -0.3 is 4.81 Å². The second kappa shape index (κ2) is 6.21. The minimum Gasteiger partial charge on any atom is -0.389 e. The summed E-state index contributed by atoms with van der Waals surface area (Å²) in [5.74, 6) is 0. The van der Waals surface area contributed by atoms with Gasteiger partial charge in [-0.25, -0.2) is 0 Å². The van der Waals surface area contributed by atoms with Crippen molar-refractivity contribution >= 4 is 28.6 Å². The minimum atomic E-state index is -0.368. The van der Waals surface area contributed by atoms with Gasteiger partial charge in [-0.05, 0) is 44.2 Å². The molecule has 2 aliphatic rings. The second-order valence-corrected chi connectivity index (χ2v) is 5.97. The van der Waals surface area contributed by atoms with Crippen molar-refractivity contribution in [2.24, 2.45) is 0 Å². The third-order valence-electron chi connectivity index (χ3n) is 3.78. The molecule has 0 aromatic rings. The van der Waals surface area contributed by atoms with Gasteiger partial charge in [0.05, 0.1) is 0 Å². The number of hydrogen-bond acceptors (Lipinski definition) is 1. The predicted octanol–water partition coefficient (Wildman–Crippen LogP) is 4.54. The number of nitrogens with zero attached hydrogens (tertiary/aromatic N) is 1. The van der Waals surface area contributed by atoms with Gasteiger partial charge in [-0.1, -0.05) is 25.3 Å². The lowest BCUT2D eigenvalue weighted by Gasteiger charge is -2.39. The van der Waals surface area contributed by atoms with Crippen LogP contribution in [0.4, 0.5) is 0 Å². The van der Waals surface area contributed by atoms with Gasteiger partial charge in [0.2, 0.25) is 0 Å². The van der Waals surface area contributed by atoms with Gasteiger partial charge in [0.15, 0.2) is 0 Å². The maximum Gasteiger partial charge on any atom is 0.467 e. The molecule has 90 valence electrons. The van der Waals surface area contributed by atoms with E-state index in [0.29, 0.717) is 6.04 Å². The normalized spacial score (nSPS) is 22.8. The molecular formula is C12H20BCl2N. The van der Waals surface area contributed by atoms with Crippen molar-refractivity contribution in [3.05, 3.63) is 11.8 Å². The SMILES string of the molecule is ClB(Cl)N(C1=CCCCC1)C1CCCCC1. The predicted molar refractivity (Wildman–Crippen MR) is 72.7 cm³/mol. The Labute approximate surface area is 109 Å². The maximum atomic E-state index is 6.16. The van der Waals surface area contributed by atoms with Gasteiger partial charge in [0, 0.05) is 6.04 Å². The van der Waals surface area contributed by atoms with Crippen LogP contribution in [0, 0.1) is 0 Å². The first-order chi connectivity index (χ1) is 7.79. The van der Waals surface area contributed by atoms with Crippen molar-refractivity contribution in [2.75, 3.05) is 0 Å². The molecule has 2 rings (SSSR count). The van der Waals surface area contributed by atoms with Gasteiger partial charge in [0.1, 0.15) is 0 Å². The molecule has 0 unspecified atom stereocenters. The minimum absolute atomic E-state index is 0.368. The first-order valence-electron chi connectivity index (χ1n) is 6.54. The van der Waals surface area contributed by atoms with Crippen molar-refractivity contribution < 1.29 is 0 Å². The zero-order valence-corrected chi connectivity index (χ0v) is 11.3. The lowest BCUT2D eigenvalue weighted by atomic mass is 9.89. The topological polar surface area (TPSA) is 3.24 Å². The van der Waals surface area contributed by atoms with Crippen LogP contribution < -0.4 is 0 Å². The fourth-order valence-electron chi connectivity index (χ4n) is 2.93. The van der Waals surface area contributed by atoms with E-state index in [-0.39, 0.29) is 5.68 Å². The maximum absolute atomic E-state index is 6.16. The molecule has 0 N–H and O–H groups in total. The number of allylic oxidation sites excluding steroid dienone is 2. The van der Waals surface area contributed by atoms with E-state index >= 15 is 0 Å². The molecule has 0 bridgehead atoms. The molecule has 4 heteroatoms. The van der Waals surface area contributed by atoms with E-state index in [0.717, 1.165) is 6.42 Å². The van der Waals surface area contributed by atoms with Crippen molar-refractivity contribution in [3.8, 4) is 0 Å². The van der Waals surface area contributed by atoms with Crippen molar-refractivity contribution in [1.29, 1.82) is 0 Å². The Balaban J connectivity index is 2.05. The molecule has 0 saturated heterocycles. The summed E-state index contributed by atoms with van der Waals surface area (Å²) in [5.41, 5.74) is 1.03. The second-order valence-electron chi connectivity index (χ2n) is 4.92. The van der Waals surface area contributed by atoms with Crippen LogP contribution in [-0.2, 0) is 0 Å². The molecule has 0 aromatic heterocycles. The lowest BCUT2D eigenvalue weighted by molar-refractivity contribution is 0.287. The largest absolute Gasteiger partial charge is 0.467 e. The Morgan fingerprint density at radius 1 is 1.06 bits per heavy atom. The number of halogens is 2. The first-order valence-corrected chi connectivity index (χ1v) is 7.42. The van der Waals surface area contributed by atoms with Gasteiger partial charge in [-0.2, -0.15) is 0 Å². The van der Waals surface area contributed by atoms with Gasteiger partial charge in [0.25, 0.3) is 0 Å². The molecule has 0 amide bonds. The molecule has 0 radical (unpaired) electrons. The van der Waals surface area contributed by atoms with E-state index < -0.39 is 0 Å². The van der Waals surface area contributed by atoms with E-state index in [4.69, 9.17) is 22.9 Å². The monoisotopic (exact) mass is 259 g/mol. The molecule has 1 saturated carbocycles. The van der Waals surface area contributed by atoms with Crippen LogP contribution in [0.3, 0.4) is 0 Å². The third-order valence-corrected chi connectivity index (χ3v) is 4.20. The number of rotatable bonds is 3. The van der Waals surface area contributed by atoms with Crippen molar-refractivity contribution in [3.63, 3.8) is 0 Å². The van der Waals surface area contributed by atoms with Crippen LogP contribution in [-0.4, -0.2) is 16.5 Å². The standard InChI is InChI=1S/C12H20BCl2N/c14-13(15)16(11-7-3-1-4-8-11)12-9-5-2-6-10-12/h7,12H,1-6,8-10H2. The summed E-state index contributed by atoms with van der Waals surface area (Å²) in [4.78, 5) is 2.28. The molecule has 0 spiro atoms. The summed E-state index contributed by atoms with van der Waals surface area (Å²) < 4.78 is 0. The third kappa shape index (κ3) is 3.10. The molecule has 0 atom stereocenters. The first kappa shape index (κ1) is 12.6. The van der Waals surface area contributed by atoms with E-state index in [1.54, 1.807) is 0 Å². The molecular weight excluding hydrogens is 240 g/mol. The van der Waals surface area contributed by atoms with E-state index in [1.165, 1.54) is 57.1 Å². The average molecular weight is 260 g/mol. The highest BCUT2D eigenvalue weighted by Crippen LogP contribution is 2.32. The van der Waals surface area contributed by atoms with E-state index in [9.17, 15) is 0 Å². The average Bonchev–Trinajstić information content (AvgIpc) is 2.31. The molecule has 16 heavy (non-hydrogen) atoms. The van der Waals surface area contributed by atoms with Gasteiger partial charge in [-0.3, -0.25) is 0 Å². The Morgan fingerprint density at radius 2 is 1.81 bits per heavy atom. The summed E-state index contributed by atoms with van der Waals surface area (Å²) in [7, 11) is 0. The summed E-state index contributed by atoms with van der Waals surface area (Å²) in [6.45, 7) is 0. The summed E-state index contributed by atoms with van der Waals surface area (Å²) in [5, 5.41) is 0. The molecule has 2 aliphatic carbocycles. The smallest absolute Gasteiger partial charge is 0.389 e. The van der Waals surface area contributed by atoms with Crippen LogP contribution in [0.2, 0.25) is 0 Å². The highest BCUT2D eigenvalue weighted by molar-refractivity contribution is 7.32. The van der Waals surface area contributed by atoms with Crippen LogP contribution >= 0.6 is 22.9 Å².